The summed E-state index contributed by atoms with van der Waals surface area (Å²) in [5.74, 6) is -1.01. The van der Waals surface area contributed by atoms with Crippen LogP contribution in [0.3, 0.4) is 0 Å². The number of aryl methyl sites for hydroxylation is 1. The number of hydrogen-bond acceptors (Lipinski definition) is 7. The first-order valence-corrected chi connectivity index (χ1v) is 15.7. The van der Waals surface area contributed by atoms with Crippen LogP contribution in [0.4, 0.5) is 0 Å². The van der Waals surface area contributed by atoms with Crippen LogP contribution in [0, 0.1) is 13.8 Å². The number of aromatic hydroxyl groups is 1. The van der Waals surface area contributed by atoms with E-state index in [0.717, 1.165) is 59.5 Å². The third kappa shape index (κ3) is 5.87. The molecule has 0 radical (unpaired) electrons. The van der Waals surface area contributed by atoms with Crippen LogP contribution < -0.4 is 4.18 Å². The van der Waals surface area contributed by atoms with E-state index in [4.69, 9.17) is 13.7 Å². The summed E-state index contributed by atoms with van der Waals surface area (Å²) < 4.78 is 38.8. The number of carboxylic acid groups (broad SMARTS) is 1. The average molecular weight is 654 g/mol. The minimum absolute atomic E-state index is 0.00216. The molecule has 10 heteroatoms. The molecule has 218 valence electrons. The van der Waals surface area contributed by atoms with Crippen molar-refractivity contribution >= 4 is 37.8 Å². The molecule has 0 amide bonds. The molecule has 8 nitrogen and oxygen atoms in total. The third-order valence-corrected chi connectivity index (χ3v) is 9.75. The van der Waals surface area contributed by atoms with Crippen LogP contribution in [0.2, 0.25) is 0 Å². The number of halogens is 1. The van der Waals surface area contributed by atoms with Crippen LogP contribution in [0.25, 0.3) is 0 Å². The molecule has 5 rings (SSSR count). The van der Waals surface area contributed by atoms with Crippen LogP contribution in [-0.2, 0) is 16.5 Å². The van der Waals surface area contributed by atoms with E-state index in [2.05, 4.69) is 15.9 Å². The first kappa shape index (κ1) is 29.6. The van der Waals surface area contributed by atoms with E-state index >= 15 is 0 Å². The minimum atomic E-state index is -4.42. The minimum Gasteiger partial charge on any atom is -0.507 e. The van der Waals surface area contributed by atoms with Gasteiger partial charge in [-0.15, -0.1) is 0 Å². The number of phenols is 1. The van der Waals surface area contributed by atoms with E-state index in [1.807, 2.05) is 38.1 Å². The molecule has 4 aromatic rings. The average Bonchev–Trinajstić information content (AvgIpc) is 3.57. The van der Waals surface area contributed by atoms with Gasteiger partial charge in [0.2, 0.25) is 0 Å². The Morgan fingerprint density at radius 1 is 1.02 bits per heavy atom. The summed E-state index contributed by atoms with van der Waals surface area (Å²) >= 11 is 3.57. The molecular weight excluding hydrogens is 624 g/mol. The summed E-state index contributed by atoms with van der Waals surface area (Å²) in [5.41, 5.74) is 2.78. The predicted molar refractivity (Wildman–Crippen MR) is 159 cm³/mol. The predicted octanol–water partition coefficient (Wildman–Crippen LogP) is 7.31. The monoisotopic (exact) mass is 652 g/mol. The molecule has 0 unspecified atom stereocenters. The largest absolute Gasteiger partial charge is 0.507 e. The molecule has 1 aliphatic carbocycles. The summed E-state index contributed by atoms with van der Waals surface area (Å²) in [5, 5.41) is 19.2. The van der Waals surface area contributed by atoms with E-state index in [9.17, 15) is 23.1 Å². The van der Waals surface area contributed by atoms with Crippen LogP contribution in [0.15, 0.2) is 74.4 Å². The van der Waals surface area contributed by atoms with Gasteiger partial charge in [-0.1, -0.05) is 47.0 Å². The first-order chi connectivity index (χ1) is 20.0. The molecule has 42 heavy (non-hydrogen) atoms. The Balaban J connectivity index is 1.51. The summed E-state index contributed by atoms with van der Waals surface area (Å²) in [7, 11) is -4.42. The SMILES string of the molecule is Cc1oc(Cc2ccccc2Br)c(C(=O)c2ccc(OS(=O)(=O)c3ccc(C(=O)O)c(O)c3)c(C3CCCC3)c2)c1C. The van der Waals surface area contributed by atoms with Gasteiger partial charge < -0.3 is 18.8 Å². The Kier molecular flexibility index (Phi) is 8.30. The van der Waals surface area contributed by atoms with E-state index in [1.54, 1.807) is 12.1 Å². The molecule has 0 aliphatic heterocycles. The number of hydrogen-bond donors (Lipinski definition) is 2. The second kappa shape index (κ2) is 11.8. The number of carboxylic acids is 1. The maximum atomic E-state index is 14.0. The quantitative estimate of drug-likeness (QED) is 0.142. The number of aromatic carboxylic acids is 1. The number of carbonyl (C=O) groups is 2. The van der Waals surface area contributed by atoms with Crippen molar-refractivity contribution in [1.82, 2.24) is 0 Å². The zero-order valence-electron chi connectivity index (χ0n) is 23.0. The smallest absolute Gasteiger partial charge is 0.339 e. The topological polar surface area (TPSA) is 131 Å². The van der Waals surface area contributed by atoms with Crippen molar-refractivity contribution < 1.29 is 36.8 Å². The molecule has 0 saturated heterocycles. The van der Waals surface area contributed by atoms with Gasteiger partial charge in [-0.3, -0.25) is 4.79 Å². The molecule has 0 spiro atoms. The highest BCUT2D eigenvalue weighted by Gasteiger charge is 2.29. The summed E-state index contributed by atoms with van der Waals surface area (Å²) in [6.07, 6.45) is 3.99. The third-order valence-electron chi connectivity index (χ3n) is 7.75. The van der Waals surface area contributed by atoms with Crippen LogP contribution in [0.5, 0.6) is 11.5 Å². The van der Waals surface area contributed by atoms with E-state index in [0.29, 0.717) is 34.6 Å². The zero-order chi connectivity index (χ0) is 30.2. The fourth-order valence-electron chi connectivity index (χ4n) is 5.41. The normalized spacial score (nSPS) is 13.8. The number of ketones is 1. The van der Waals surface area contributed by atoms with Gasteiger partial charge in [-0.25, -0.2) is 4.79 Å². The molecule has 1 aromatic heterocycles. The van der Waals surface area contributed by atoms with E-state index in [-0.39, 0.29) is 22.3 Å². The van der Waals surface area contributed by atoms with Gasteiger partial charge in [-0.05, 0) is 80.1 Å². The maximum Gasteiger partial charge on any atom is 0.339 e. The van der Waals surface area contributed by atoms with Crippen molar-refractivity contribution in [2.24, 2.45) is 0 Å². The second-order valence-corrected chi connectivity index (χ2v) is 12.8. The number of furan rings is 1. The van der Waals surface area contributed by atoms with Gasteiger partial charge >= 0.3 is 16.1 Å². The lowest BCUT2D eigenvalue weighted by Crippen LogP contribution is -2.13. The van der Waals surface area contributed by atoms with Crippen LogP contribution >= 0.6 is 15.9 Å². The van der Waals surface area contributed by atoms with Crippen LogP contribution in [0.1, 0.15) is 86.1 Å². The fraction of sp³-hybridized carbons (Fsp3) is 0.250. The lowest BCUT2D eigenvalue weighted by molar-refractivity contribution is 0.0693. The zero-order valence-corrected chi connectivity index (χ0v) is 25.4. The molecule has 0 bridgehead atoms. The summed E-state index contributed by atoms with van der Waals surface area (Å²) in [6, 6.07) is 15.4. The summed E-state index contributed by atoms with van der Waals surface area (Å²) in [4.78, 5) is 24.8. The van der Waals surface area contributed by atoms with Gasteiger partial charge in [0.15, 0.2) is 5.78 Å². The van der Waals surface area contributed by atoms with Gasteiger partial charge in [0.25, 0.3) is 0 Å². The lowest BCUT2D eigenvalue weighted by atomic mass is 9.91. The van der Waals surface area contributed by atoms with E-state index < -0.39 is 27.4 Å². The molecular formula is C32H29BrO8S. The van der Waals surface area contributed by atoms with Crippen molar-refractivity contribution in [3.8, 4) is 11.5 Å². The lowest BCUT2D eigenvalue weighted by Gasteiger charge is -2.17. The van der Waals surface area contributed by atoms with Gasteiger partial charge in [0.1, 0.15) is 33.5 Å². The highest BCUT2D eigenvalue weighted by molar-refractivity contribution is 9.10. The molecule has 1 aliphatic rings. The summed E-state index contributed by atoms with van der Waals surface area (Å²) in [6.45, 7) is 3.67. The van der Waals surface area contributed by atoms with Crippen LogP contribution in [-0.4, -0.2) is 30.4 Å². The molecule has 1 fully saturated rings. The Bertz CT molecular complexity index is 1800. The molecule has 0 atom stereocenters. The number of rotatable bonds is 9. The molecule has 2 N–H and O–H groups in total. The Labute approximate surface area is 252 Å². The Morgan fingerprint density at radius 3 is 2.40 bits per heavy atom. The van der Waals surface area contributed by atoms with Crippen molar-refractivity contribution in [2.75, 3.05) is 0 Å². The van der Waals surface area contributed by atoms with Crippen molar-refractivity contribution in [3.05, 3.63) is 110 Å². The van der Waals surface area contributed by atoms with Crippen molar-refractivity contribution in [1.29, 1.82) is 0 Å². The standard InChI is InChI=1S/C32H29BrO8S/c1-18-19(2)40-29(16-21-9-5-6-10-26(21)33)30(18)31(35)22-11-14-28(25(15-22)20-7-3-4-8-20)41-42(38,39)23-12-13-24(32(36)37)27(34)17-23/h5-6,9-15,17,20,34H,3-4,7-8,16H2,1-2H3,(H,36,37). The van der Waals surface area contributed by atoms with Crippen molar-refractivity contribution in [3.63, 3.8) is 0 Å². The number of carbonyl (C=O) groups excluding carboxylic acids is 1. The van der Waals surface area contributed by atoms with Gasteiger partial charge in [0.05, 0.1) is 5.56 Å². The Morgan fingerprint density at radius 2 is 1.74 bits per heavy atom. The fourth-order valence-corrected chi connectivity index (χ4v) is 6.81. The first-order valence-electron chi connectivity index (χ1n) is 13.5. The molecule has 1 heterocycles. The number of benzene rings is 3. The Hall–Kier alpha value is -3.89. The van der Waals surface area contributed by atoms with E-state index in [1.165, 1.54) is 6.07 Å². The molecule has 3 aromatic carbocycles. The second-order valence-electron chi connectivity index (χ2n) is 10.4. The maximum absolute atomic E-state index is 14.0. The highest BCUT2D eigenvalue weighted by atomic mass is 79.9. The van der Waals surface area contributed by atoms with Gasteiger partial charge in [0, 0.05) is 28.1 Å². The van der Waals surface area contributed by atoms with Gasteiger partial charge in [-0.2, -0.15) is 8.42 Å². The highest BCUT2D eigenvalue weighted by Crippen LogP contribution is 2.41. The van der Waals surface area contributed by atoms with Crippen molar-refractivity contribution in [2.45, 2.75) is 56.8 Å². The molecule has 1 saturated carbocycles.